The van der Waals surface area contributed by atoms with E-state index in [-0.39, 0.29) is 13.4 Å². The molecule has 58 heavy (non-hydrogen) atoms. The maximum atomic E-state index is 2.63. The van der Waals surface area contributed by atoms with Crippen LogP contribution in [0.25, 0.3) is 27.5 Å². The number of anilines is 9. The number of aromatic nitrogens is 1. The highest BCUT2D eigenvalue weighted by Crippen LogP contribution is 2.49. The molecule has 5 aliphatic rings. The SMILES string of the molecule is Cc1ccc(N2c3cccc4c3B3c5c2ccc2c5B5c6c(ccc(c63)N4c3ccc(C)cc3)-n3c4ccc(C)cc4c4ccc(c5c43)N2c2ccc(C)cc2)cc1. The normalized spacial score (nSPS) is 14.4. The molecule has 9 aromatic rings. The molecule has 0 amide bonds. The number of nitrogens with zero attached hydrogens (tertiary/aromatic N) is 4. The Morgan fingerprint density at radius 3 is 1.24 bits per heavy atom. The van der Waals surface area contributed by atoms with E-state index in [1.807, 2.05) is 0 Å². The van der Waals surface area contributed by atoms with Crippen molar-refractivity contribution in [2.24, 2.45) is 0 Å². The molecule has 0 bridgehead atoms. The van der Waals surface area contributed by atoms with Gasteiger partial charge >= 0.3 is 0 Å². The quantitative estimate of drug-likeness (QED) is 0.168. The molecule has 0 saturated heterocycles. The predicted molar refractivity (Wildman–Crippen MR) is 247 cm³/mol. The van der Waals surface area contributed by atoms with Crippen molar-refractivity contribution in [2.45, 2.75) is 27.7 Å². The monoisotopic (exact) mass is 738 g/mol. The van der Waals surface area contributed by atoms with Crippen LogP contribution in [0.3, 0.4) is 0 Å². The highest BCUT2D eigenvalue weighted by atomic mass is 15.2. The molecular formula is C52H36B2N4. The van der Waals surface area contributed by atoms with E-state index < -0.39 is 0 Å². The van der Waals surface area contributed by atoms with Gasteiger partial charge < -0.3 is 19.3 Å². The van der Waals surface area contributed by atoms with Crippen LogP contribution in [0.2, 0.25) is 0 Å². The highest BCUT2D eigenvalue weighted by molar-refractivity contribution is 7.15. The van der Waals surface area contributed by atoms with Gasteiger partial charge in [-0.25, -0.2) is 0 Å². The van der Waals surface area contributed by atoms with E-state index in [1.165, 1.54) is 134 Å². The van der Waals surface area contributed by atoms with Crippen molar-refractivity contribution in [3.05, 3.63) is 168 Å². The second kappa shape index (κ2) is 10.5. The standard InChI is InChI=1S/C52H36B2N4/c1-29-8-15-33(16-9-29)55-39-6-5-7-40-46(39)53-47-41(55)24-25-43-49(47)54-50-44(27-26-42(48(50)53)56(40)34-17-10-30(2)11-18-34)58-38-22-14-32(4)28-37(38)36-21-23-45(51(54)52(36)58)57(43)35-19-12-31(3)13-20-35/h5-28H,1-4H3. The van der Waals surface area contributed by atoms with Gasteiger partial charge in [0.2, 0.25) is 0 Å². The van der Waals surface area contributed by atoms with Gasteiger partial charge in [-0.05, 0) is 151 Å². The van der Waals surface area contributed by atoms with Gasteiger partial charge in [0.25, 0.3) is 13.4 Å². The lowest BCUT2D eigenvalue weighted by Gasteiger charge is -2.51. The van der Waals surface area contributed by atoms with Crippen molar-refractivity contribution in [3.8, 4) is 5.69 Å². The third-order valence-electron chi connectivity index (χ3n) is 13.9. The van der Waals surface area contributed by atoms with Crippen molar-refractivity contribution in [2.75, 3.05) is 14.7 Å². The fourth-order valence-corrected chi connectivity index (χ4v) is 11.6. The molecule has 270 valence electrons. The molecule has 4 nitrogen and oxygen atoms in total. The number of hydrogen-bond acceptors (Lipinski definition) is 3. The molecule has 8 aromatic carbocycles. The average Bonchev–Trinajstić information content (AvgIpc) is 3.57. The third-order valence-corrected chi connectivity index (χ3v) is 13.9. The van der Waals surface area contributed by atoms with Gasteiger partial charge in [-0.1, -0.05) is 76.9 Å². The van der Waals surface area contributed by atoms with Crippen molar-refractivity contribution >= 4 is 119 Å². The van der Waals surface area contributed by atoms with Crippen molar-refractivity contribution in [1.82, 2.24) is 4.57 Å². The van der Waals surface area contributed by atoms with Crippen LogP contribution in [0.4, 0.5) is 51.2 Å². The Hall–Kier alpha value is -6.91. The second-order valence-corrected chi connectivity index (χ2v) is 17.2. The van der Waals surface area contributed by atoms with E-state index in [1.54, 1.807) is 0 Å². The van der Waals surface area contributed by atoms with Gasteiger partial charge in [-0.2, -0.15) is 0 Å². The zero-order chi connectivity index (χ0) is 38.3. The van der Waals surface area contributed by atoms with E-state index >= 15 is 0 Å². The van der Waals surface area contributed by atoms with Crippen LogP contribution in [0.5, 0.6) is 0 Å². The summed E-state index contributed by atoms with van der Waals surface area (Å²) in [4.78, 5) is 7.70. The molecule has 0 N–H and O–H groups in total. The lowest BCUT2D eigenvalue weighted by molar-refractivity contribution is 1.17. The van der Waals surface area contributed by atoms with Crippen LogP contribution in [-0.2, 0) is 0 Å². The molecule has 6 heterocycles. The molecule has 0 saturated carbocycles. The Kier molecular flexibility index (Phi) is 5.66. The van der Waals surface area contributed by atoms with Gasteiger partial charge in [-0.3, -0.25) is 0 Å². The Bertz CT molecular complexity index is 3330. The molecule has 6 heteroatoms. The van der Waals surface area contributed by atoms with Gasteiger partial charge in [0.05, 0.1) is 11.0 Å². The molecule has 14 rings (SSSR count). The van der Waals surface area contributed by atoms with E-state index in [2.05, 4.69) is 193 Å². The van der Waals surface area contributed by atoms with Gasteiger partial charge in [0.1, 0.15) is 0 Å². The molecule has 0 fully saturated rings. The molecule has 0 radical (unpaired) electrons. The Morgan fingerprint density at radius 2 is 0.724 bits per heavy atom. The van der Waals surface area contributed by atoms with Crippen LogP contribution in [0, 0.1) is 27.7 Å². The van der Waals surface area contributed by atoms with Crippen LogP contribution in [0.1, 0.15) is 22.3 Å². The zero-order valence-electron chi connectivity index (χ0n) is 32.8. The number of hydrogen-bond donors (Lipinski definition) is 0. The summed E-state index contributed by atoms with van der Waals surface area (Å²) in [5, 5.41) is 2.65. The summed E-state index contributed by atoms with van der Waals surface area (Å²) >= 11 is 0. The van der Waals surface area contributed by atoms with Crippen molar-refractivity contribution in [3.63, 3.8) is 0 Å². The maximum Gasteiger partial charge on any atom is 0.251 e. The summed E-state index contributed by atoms with van der Waals surface area (Å²) in [5.74, 6) is 0. The van der Waals surface area contributed by atoms with Crippen molar-refractivity contribution in [1.29, 1.82) is 0 Å². The highest BCUT2D eigenvalue weighted by Gasteiger charge is 2.55. The lowest BCUT2D eigenvalue weighted by Crippen LogP contribution is -2.80. The summed E-state index contributed by atoms with van der Waals surface area (Å²) in [6, 6.07) is 56.0. The van der Waals surface area contributed by atoms with Gasteiger partial charge in [0.15, 0.2) is 0 Å². The minimum absolute atomic E-state index is 0.0620. The first kappa shape index (κ1) is 31.2. The van der Waals surface area contributed by atoms with Crippen LogP contribution in [-0.4, -0.2) is 18.0 Å². The molecule has 0 unspecified atom stereocenters. The summed E-state index contributed by atoms with van der Waals surface area (Å²) in [5.41, 5.74) is 28.8. The fraction of sp³-hybridized carbons (Fsp3) is 0.0769. The Labute approximate surface area is 338 Å². The first-order chi connectivity index (χ1) is 28.4. The number of fused-ring (bicyclic) bond motifs is 4. The number of benzene rings is 8. The third kappa shape index (κ3) is 3.62. The fourth-order valence-electron chi connectivity index (χ4n) is 11.6. The van der Waals surface area contributed by atoms with E-state index in [0.717, 1.165) is 0 Å². The topological polar surface area (TPSA) is 14.7 Å². The van der Waals surface area contributed by atoms with Gasteiger partial charge in [0, 0.05) is 67.6 Å². The maximum absolute atomic E-state index is 2.63. The van der Waals surface area contributed by atoms with E-state index in [4.69, 9.17) is 0 Å². The Balaban J connectivity index is 1.20. The summed E-state index contributed by atoms with van der Waals surface area (Å²) in [7, 11) is 0. The smallest absolute Gasteiger partial charge is 0.251 e. The first-order valence-corrected chi connectivity index (χ1v) is 20.6. The molecule has 0 spiro atoms. The largest absolute Gasteiger partial charge is 0.311 e. The molecule has 0 aliphatic carbocycles. The lowest BCUT2D eigenvalue weighted by atomic mass is 9.18. The minimum atomic E-state index is 0.0620. The number of aryl methyl sites for hydroxylation is 4. The summed E-state index contributed by atoms with van der Waals surface area (Å²) in [6.07, 6.45) is 0. The van der Waals surface area contributed by atoms with Crippen LogP contribution >= 0.6 is 0 Å². The van der Waals surface area contributed by atoms with Crippen LogP contribution < -0.4 is 47.5 Å². The number of rotatable bonds is 3. The molecule has 0 atom stereocenters. The predicted octanol–water partition coefficient (Wildman–Crippen LogP) is 9.03. The second-order valence-electron chi connectivity index (χ2n) is 17.2. The summed E-state index contributed by atoms with van der Waals surface area (Å²) < 4.78 is 2.63. The zero-order valence-corrected chi connectivity index (χ0v) is 32.8. The van der Waals surface area contributed by atoms with Gasteiger partial charge in [-0.15, -0.1) is 0 Å². The van der Waals surface area contributed by atoms with E-state index in [9.17, 15) is 0 Å². The molecular weight excluding hydrogens is 702 g/mol. The van der Waals surface area contributed by atoms with Crippen molar-refractivity contribution < 1.29 is 0 Å². The average molecular weight is 739 g/mol. The first-order valence-electron chi connectivity index (χ1n) is 20.6. The molecule has 1 aromatic heterocycles. The van der Waals surface area contributed by atoms with Crippen LogP contribution in [0.15, 0.2) is 146 Å². The van der Waals surface area contributed by atoms with E-state index in [0.29, 0.717) is 0 Å². The minimum Gasteiger partial charge on any atom is -0.311 e. The Morgan fingerprint density at radius 1 is 0.328 bits per heavy atom. The molecule has 5 aliphatic heterocycles. The summed E-state index contributed by atoms with van der Waals surface area (Å²) in [6.45, 7) is 8.89.